The Bertz CT molecular complexity index is 818. The maximum atomic E-state index is 12.2. The molecule has 0 spiro atoms. The Kier molecular flexibility index (Phi) is 8.85. The zero-order valence-electron chi connectivity index (χ0n) is 15.9. The van der Waals surface area contributed by atoms with E-state index in [4.69, 9.17) is 5.73 Å². The van der Waals surface area contributed by atoms with Gasteiger partial charge in [0.25, 0.3) is 0 Å². The molecule has 2 aromatic carbocycles. The number of nitrogens with zero attached hydrogens (tertiary/aromatic N) is 1. The van der Waals surface area contributed by atoms with E-state index < -0.39 is 18.3 Å². The molecule has 0 atom stereocenters. The fourth-order valence-corrected chi connectivity index (χ4v) is 3.21. The molecule has 6 nitrogen and oxygen atoms in total. The summed E-state index contributed by atoms with van der Waals surface area (Å²) in [6.45, 7) is 0.188. The number of carbonyl (C=O) groups is 2. The van der Waals surface area contributed by atoms with Crippen LogP contribution < -0.4 is 15.8 Å². The van der Waals surface area contributed by atoms with E-state index in [-0.39, 0.29) is 18.8 Å². The normalized spacial score (nSPS) is 11.0. The minimum Gasteiger partial charge on any atom is -0.406 e. The highest BCUT2D eigenvalue weighted by Gasteiger charge is 2.30. The predicted molar refractivity (Wildman–Crippen MR) is 110 cm³/mol. The van der Waals surface area contributed by atoms with Crippen molar-refractivity contribution < 1.29 is 27.5 Å². The molecule has 0 heterocycles. The molecule has 0 unspecified atom stereocenters. The summed E-state index contributed by atoms with van der Waals surface area (Å²) in [4.78, 5) is 24.7. The maximum Gasteiger partial charge on any atom is 0.573 e. The highest BCUT2D eigenvalue weighted by molar-refractivity contribution is 7.98. The number of urea groups is 1. The van der Waals surface area contributed by atoms with Crippen LogP contribution >= 0.6 is 11.8 Å². The number of alkyl halides is 3. The van der Waals surface area contributed by atoms with Gasteiger partial charge in [0.15, 0.2) is 0 Å². The van der Waals surface area contributed by atoms with Crippen LogP contribution in [0.1, 0.15) is 5.56 Å². The number of nitrogens with one attached hydrogen (secondary N) is 1. The zero-order chi connectivity index (χ0) is 22.0. The van der Waals surface area contributed by atoms with Gasteiger partial charge in [-0.1, -0.05) is 30.3 Å². The number of imide groups is 1. The highest BCUT2D eigenvalue weighted by atomic mass is 32.2. The number of carbonyl (C=O) groups excluding carboxylic acids is 2. The van der Waals surface area contributed by atoms with Gasteiger partial charge >= 0.3 is 12.4 Å². The van der Waals surface area contributed by atoms with Crippen LogP contribution in [0.2, 0.25) is 0 Å². The number of rotatable bonds is 10. The molecule has 2 aromatic rings. The minimum absolute atomic E-state index is 0.00875. The molecule has 3 N–H and O–H groups in total. The first-order valence-corrected chi connectivity index (χ1v) is 10.1. The third-order valence-electron chi connectivity index (χ3n) is 3.77. The van der Waals surface area contributed by atoms with Gasteiger partial charge in [0, 0.05) is 30.3 Å². The van der Waals surface area contributed by atoms with Gasteiger partial charge in [0.05, 0.1) is 6.42 Å². The Morgan fingerprint density at radius 2 is 1.77 bits per heavy atom. The van der Waals surface area contributed by atoms with Crippen molar-refractivity contribution >= 4 is 29.4 Å². The van der Waals surface area contributed by atoms with Crippen LogP contribution in [0.3, 0.4) is 0 Å². The molecule has 0 fully saturated rings. The van der Waals surface area contributed by atoms with E-state index in [1.54, 1.807) is 0 Å². The molecule has 0 saturated carbocycles. The van der Waals surface area contributed by atoms with Crippen molar-refractivity contribution in [3.63, 3.8) is 0 Å². The Hall–Kier alpha value is -2.88. The summed E-state index contributed by atoms with van der Waals surface area (Å²) in [7, 11) is 0. The van der Waals surface area contributed by atoms with Gasteiger partial charge in [-0.25, -0.2) is 4.79 Å². The molecular weight excluding hydrogens is 419 g/mol. The largest absolute Gasteiger partial charge is 0.573 e. The molecule has 0 aromatic heterocycles. The molecule has 0 aliphatic heterocycles. The summed E-state index contributed by atoms with van der Waals surface area (Å²) in [5, 5.41) is 2.91. The van der Waals surface area contributed by atoms with Crippen LogP contribution in [0.5, 0.6) is 5.75 Å². The molecule has 0 aliphatic rings. The van der Waals surface area contributed by atoms with Crippen molar-refractivity contribution in [3.8, 4) is 5.75 Å². The van der Waals surface area contributed by atoms with Crippen molar-refractivity contribution in [3.05, 3.63) is 66.6 Å². The monoisotopic (exact) mass is 440 g/mol. The summed E-state index contributed by atoms with van der Waals surface area (Å²) in [6, 6.07) is 14.0. The fraction of sp³-hybridized carbons (Fsp3) is 0.250. The Morgan fingerprint density at radius 1 is 1.10 bits per heavy atom. The van der Waals surface area contributed by atoms with Crippen molar-refractivity contribution in [1.82, 2.24) is 4.90 Å². The van der Waals surface area contributed by atoms with Gasteiger partial charge < -0.3 is 15.8 Å². The van der Waals surface area contributed by atoms with E-state index >= 15 is 0 Å². The molecule has 161 valence electrons. The second-order valence-corrected chi connectivity index (χ2v) is 7.06. The number of hydrogen-bond donors (Lipinski definition) is 2. The SMILES string of the molecule is NC(=O)N(CCNc1ccc(OC(F)(F)F)cc1)C(=O)[CH]CSCc1ccccc1. The van der Waals surface area contributed by atoms with E-state index in [1.165, 1.54) is 30.3 Å². The lowest BCUT2D eigenvalue weighted by Crippen LogP contribution is -2.43. The number of nitrogens with two attached hydrogens (primary N) is 1. The average molecular weight is 440 g/mol. The number of primary amides is 1. The van der Waals surface area contributed by atoms with Crippen molar-refractivity contribution in [2.24, 2.45) is 5.73 Å². The summed E-state index contributed by atoms with van der Waals surface area (Å²) < 4.78 is 40.3. The lowest BCUT2D eigenvalue weighted by atomic mass is 10.2. The number of benzene rings is 2. The second kappa shape index (κ2) is 11.3. The van der Waals surface area contributed by atoms with Gasteiger partial charge in [-0.15, -0.1) is 13.2 Å². The summed E-state index contributed by atoms with van der Waals surface area (Å²) in [5.41, 5.74) is 6.91. The standard InChI is InChI=1S/C20H21F3N3O3S/c21-20(22,23)29-17-8-6-16(7-9-17)25-11-12-26(19(24)28)18(27)10-13-30-14-15-4-2-1-3-5-15/h1-10,25H,11-14H2,(H2,24,28). The van der Waals surface area contributed by atoms with Gasteiger partial charge in [0.1, 0.15) is 5.75 Å². The topological polar surface area (TPSA) is 84.7 Å². The zero-order valence-corrected chi connectivity index (χ0v) is 16.7. The van der Waals surface area contributed by atoms with E-state index in [0.717, 1.165) is 28.3 Å². The maximum absolute atomic E-state index is 12.2. The molecule has 0 aliphatic carbocycles. The predicted octanol–water partition coefficient (Wildman–Crippen LogP) is 4.04. The first-order valence-electron chi connectivity index (χ1n) is 8.90. The Labute approximate surface area is 176 Å². The third-order valence-corrected chi connectivity index (χ3v) is 4.71. The molecule has 2 rings (SSSR count). The van der Waals surface area contributed by atoms with Crippen LogP contribution in [-0.2, 0) is 10.5 Å². The highest BCUT2D eigenvalue weighted by Crippen LogP contribution is 2.23. The molecule has 10 heteroatoms. The third kappa shape index (κ3) is 8.64. The van der Waals surface area contributed by atoms with E-state index in [9.17, 15) is 22.8 Å². The van der Waals surface area contributed by atoms with Gasteiger partial charge in [-0.3, -0.25) is 9.69 Å². The number of anilines is 1. The number of thioether (sulfide) groups is 1. The van der Waals surface area contributed by atoms with Crippen LogP contribution in [0, 0.1) is 6.42 Å². The van der Waals surface area contributed by atoms with Crippen LogP contribution in [-0.4, -0.2) is 42.0 Å². The van der Waals surface area contributed by atoms with Gasteiger partial charge in [0.2, 0.25) is 5.91 Å². The lowest BCUT2D eigenvalue weighted by molar-refractivity contribution is -0.274. The van der Waals surface area contributed by atoms with Crippen molar-refractivity contribution in [2.45, 2.75) is 12.1 Å². The molecule has 1 radical (unpaired) electrons. The Balaban J connectivity index is 1.74. The van der Waals surface area contributed by atoms with Gasteiger partial charge in [-0.05, 0) is 29.8 Å². The first kappa shape index (κ1) is 23.4. The second-order valence-electron chi connectivity index (χ2n) is 6.03. The smallest absolute Gasteiger partial charge is 0.406 e. The number of amides is 3. The van der Waals surface area contributed by atoms with Crippen LogP contribution in [0.25, 0.3) is 0 Å². The number of halogens is 3. The summed E-state index contributed by atoms with van der Waals surface area (Å²) in [6.07, 6.45) is -3.37. The van der Waals surface area contributed by atoms with Crippen LogP contribution in [0.4, 0.5) is 23.7 Å². The van der Waals surface area contributed by atoms with E-state index in [1.807, 2.05) is 30.3 Å². The molecule has 0 saturated heterocycles. The lowest BCUT2D eigenvalue weighted by Gasteiger charge is -2.19. The first-order chi connectivity index (χ1) is 14.2. The van der Waals surface area contributed by atoms with E-state index in [0.29, 0.717) is 11.4 Å². The number of ether oxygens (including phenoxy) is 1. The fourth-order valence-electron chi connectivity index (χ4n) is 2.41. The molecule has 0 bridgehead atoms. The van der Waals surface area contributed by atoms with Crippen molar-refractivity contribution in [1.29, 1.82) is 0 Å². The average Bonchev–Trinajstić information content (AvgIpc) is 2.69. The molecule has 30 heavy (non-hydrogen) atoms. The van der Waals surface area contributed by atoms with Gasteiger partial charge in [-0.2, -0.15) is 11.8 Å². The number of hydrogen-bond acceptors (Lipinski definition) is 5. The van der Waals surface area contributed by atoms with E-state index in [2.05, 4.69) is 10.1 Å². The van der Waals surface area contributed by atoms with Crippen molar-refractivity contribution in [2.75, 3.05) is 24.2 Å². The minimum atomic E-state index is -4.76. The quantitative estimate of drug-likeness (QED) is 0.545. The molecular formula is C20H21F3N3O3S. The summed E-state index contributed by atoms with van der Waals surface area (Å²) in [5.74, 6) is 0.311. The Morgan fingerprint density at radius 3 is 2.37 bits per heavy atom. The van der Waals surface area contributed by atoms with Crippen LogP contribution in [0.15, 0.2) is 54.6 Å². The summed E-state index contributed by atoms with van der Waals surface area (Å²) >= 11 is 1.53. The molecule has 3 amide bonds.